The number of carboxylic acid groups (broad SMARTS) is 1. The average Bonchev–Trinajstić information content (AvgIpc) is 2.91. The van der Waals surface area contributed by atoms with E-state index < -0.39 is 22.0 Å². The van der Waals surface area contributed by atoms with Crippen LogP contribution in [-0.4, -0.2) is 43.0 Å². The molecule has 6 nitrogen and oxygen atoms in total. The molecule has 8 heteroatoms. The number of rotatable bonds is 5. The maximum atomic E-state index is 12.6. The van der Waals surface area contributed by atoms with Crippen molar-refractivity contribution < 1.29 is 23.1 Å². The van der Waals surface area contributed by atoms with Crippen molar-refractivity contribution in [1.29, 1.82) is 0 Å². The summed E-state index contributed by atoms with van der Waals surface area (Å²) in [5, 5.41) is 9.13. The lowest BCUT2D eigenvalue weighted by Crippen LogP contribution is -2.40. The van der Waals surface area contributed by atoms with Crippen molar-refractivity contribution in [2.24, 2.45) is 0 Å². The molecule has 1 unspecified atom stereocenters. The normalized spacial score (nSPS) is 19.6. The molecule has 1 aliphatic heterocycles. The Balaban J connectivity index is 2.35. The highest BCUT2D eigenvalue weighted by molar-refractivity contribution is 9.10. The Morgan fingerprint density at radius 2 is 2.24 bits per heavy atom. The quantitative estimate of drug-likeness (QED) is 0.848. The van der Waals surface area contributed by atoms with Gasteiger partial charge in [-0.2, -0.15) is 4.31 Å². The molecule has 1 aromatic carbocycles. The lowest BCUT2D eigenvalue weighted by molar-refractivity contribution is -0.140. The summed E-state index contributed by atoms with van der Waals surface area (Å²) in [6, 6.07) is 3.45. The number of hydrogen-bond donors (Lipinski definition) is 1. The standard InChI is InChI=1S/C13H16BrNO5S/c1-2-20-12-6-5-9(8-10(12)14)21(18,19)15-7-3-4-11(15)13(16)17/h5-6,8,11H,2-4,7H2,1H3,(H,16,17). The molecular formula is C13H16BrNO5S. The molecule has 1 saturated heterocycles. The molecule has 116 valence electrons. The van der Waals surface area contributed by atoms with Gasteiger partial charge in [-0.25, -0.2) is 8.42 Å². The fraction of sp³-hybridized carbons (Fsp3) is 0.462. The van der Waals surface area contributed by atoms with Crippen LogP contribution < -0.4 is 4.74 Å². The number of benzene rings is 1. The fourth-order valence-electron chi connectivity index (χ4n) is 2.32. The van der Waals surface area contributed by atoms with Crippen LogP contribution in [0, 0.1) is 0 Å². The number of ether oxygens (including phenoxy) is 1. The van der Waals surface area contributed by atoms with Crippen molar-refractivity contribution in [3.63, 3.8) is 0 Å². The number of hydrogen-bond acceptors (Lipinski definition) is 4. The first-order valence-corrected chi connectivity index (χ1v) is 8.78. The van der Waals surface area contributed by atoms with Crippen molar-refractivity contribution in [3.05, 3.63) is 22.7 Å². The number of sulfonamides is 1. The Morgan fingerprint density at radius 3 is 2.81 bits per heavy atom. The fourth-order valence-corrected chi connectivity index (χ4v) is 4.65. The van der Waals surface area contributed by atoms with Gasteiger partial charge in [0, 0.05) is 6.54 Å². The Hall–Kier alpha value is -1.12. The third-order valence-electron chi connectivity index (χ3n) is 3.30. The minimum Gasteiger partial charge on any atom is -0.493 e. The van der Waals surface area contributed by atoms with Crippen LogP contribution in [0.1, 0.15) is 19.8 Å². The van der Waals surface area contributed by atoms with Crippen molar-refractivity contribution in [3.8, 4) is 5.75 Å². The van der Waals surface area contributed by atoms with Gasteiger partial charge < -0.3 is 9.84 Å². The Labute approximate surface area is 131 Å². The van der Waals surface area contributed by atoms with E-state index in [4.69, 9.17) is 9.84 Å². The SMILES string of the molecule is CCOc1ccc(S(=O)(=O)N2CCCC2C(=O)O)cc1Br. The second-order valence-corrected chi connectivity index (χ2v) is 7.38. The Kier molecular flexibility index (Phi) is 4.90. The van der Waals surface area contributed by atoms with Crippen molar-refractivity contribution >= 4 is 31.9 Å². The first-order valence-electron chi connectivity index (χ1n) is 6.55. The molecule has 21 heavy (non-hydrogen) atoms. The lowest BCUT2D eigenvalue weighted by atomic mass is 10.2. The lowest BCUT2D eigenvalue weighted by Gasteiger charge is -2.21. The van der Waals surface area contributed by atoms with Crippen LogP contribution in [0.5, 0.6) is 5.75 Å². The minimum atomic E-state index is -3.82. The number of nitrogens with zero attached hydrogens (tertiary/aromatic N) is 1. The van der Waals surface area contributed by atoms with Crippen molar-refractivity contribution in [2.45, 2.75) is 30.7 Å². The number of carboxylic acids is 1. The molecule has 1 N–H and O–H groups in total. The van der Waals surface area contributed by atoms with Crippen LogP contribution in [-0.2, 0) is 14.8 Å². The van der Waals surface area contributed by atoms with Gasteiger partial charge in [0.15, 0.2) is 0 Å². The molecule has 0 saturated carbocycles. The van der Waals surface area contributed by atoms with Gasteiger partial charge in [-0.1, -0.05) is 0 Å². The maximum Gasteiger partial charge on any atom is 0.322 e. The van der Waals surface area contributed by atoms with E-state index in [1.807, 2.05) is 6.92 Å². The minimum absolute atomic E-state index is 0.0611. The zero-order valence-electron chi connectivity index (χ0n) is 11.5. The largest absolute Gasteiger partial charge is 0.493 e. The first-order chi connectivity index (χ1) is 9.87. The Morgan fingerprint density at radius 1 is 1.52 bits per heavy atom. The Bertz CT molecular complexity index is 646. The van der Waals surface area contributed by atoms with Crippen LogP contribution in [0.15, 0.2) is 27.6 Å². The summed E-state index contributed by atoms with van der Waals surface area (Å²) < 4.78 is 32.1. The van der Waals surface area contributed by atoms with Gasteiger partial charge in [0.05, 0.1) is 16.0 Å². The van der Waals surface area contributed by atoms with E-state index in [0.717, 1.165) is 4.31 Å². The van der Waals surface area contributed by atoms with Gasteiger partial charge in [-0.15, -0.1) is 0 Å². The smallest absolute Gasteiger partial charge is 0.322 e. The third kappa shape index (κ3) is 3.22. The molecule has 1 atom stereocenters. The van der Waals surface area contributed by atoms with E-state index in [9.17, 15) is 13.2 Å². The molecular weight excluding hydrogens is 362 g/mol. The maximum absolute atomic E-state index is 12.6. The summed E-state index contributed by atoms with van der Waals surface area (Å²) in [6.45, 7) is 2.53. The molecule has 1 heterocycles. The highest BCUT2D eigenvalue weighted by Gasteiger charge is 2.39. The summed E-state index contributed by atoms with van der Waals surface area (Å²) >= 11 is 3.27. The van der Waals surface area contributed by atoms with E-state index in [1.54, 1.807) is 6.07 Å². The zero-order valence-corrected chi connectivity index (χ0v) is 13.9. The summed E-state index contributed by atoms with van der Waals surface area (Å²) in [7, 11) is -3.82. The molecule has 0 amide bonds. The van der Waals surface area contributed by atoms with Gasteiger partial charge >= 0.3 is 5.97 Å². The van der Waals surface area contributed by atoms with Crippen molar-refractivity contribution in [1.82, 2.24) is 4.31 Å². The highest BCUT2D eigenvalue weighted by Crippen LogP contribution is 2.31. The summed E-state index contributed by atoms with van der Waals surface area (Å²) in [5.74, 6) is -0.561. The molecule has 0 aromatic heterocycles. The van der Waals surface area contributed by atoms with Gasteiger partial charge in [0.25, 0.3) is 0 Å². The van der Waals surface area contributed by atoms with Gasteiger partial charge in [-0.05, 0) is 53.9 Å². The first kappa shape index (κ1) is 16.3. The molecule has 1 aliphatic rings. The molecule has 2 rings (SSSR count). The molecule has 0 aliphatic carbocycles. The summed E-state index contributed by atoms with van der Waals surface area (Å²) in [5.41, 5.74) is 0. The molecule has 1 aromatic rings. The van der Waals surface area contributed by atoms with Gasteiger partial charge in [-0.3, -0.25) is 4.79 Å². The molecule has 0 spiro atoms. The van der Waals surface area contributed by atoms with E-state index in [1.165, 1.54) is 12.1 Å². The predicted octanol–water partition coefficient (Wildman–Crippen LogP) is 2.09. The van der Waals surface area contributed by atoms with Gasteiger partial charge in [0.1, 0.15) is 11.8 Å². The molecule has 0 radical (unpaired) electrons. The van der Waals surface area contributed by atoms with E-state index in [0.29, 0.717) is 29.7 Å². The number of carbonyl (C=O) groups is 1. The summed E-state index contributed by atoms with van der Waals surface area (Å²) in [4.78, 5) is 11.2. The molecule has 1 fully saturated rings. The highest BCUT2D eigenvalue weighted by atomic mass is 79.9. The van der Waals surface area contributed by atoms with E-state index in [2.05, 4.69) is 15.9 Å². The molecule has 0 bridgehead atoms. The van der Waals surface area contributed by atoms with Crippen LogP contribution in [0.2, 0.25) is 0 Å². The van der Waals surface area contributed by atoms with E-state index >= 15 is 0 Å². The van der Waals surface area contributed by atoms with Gasteiger partial charge in [0.2, 0.25) is 10.0 Å². The number of halogens is 1. The van der Waals surface area contributed by atoms with Crippen LogP contribution in [0.4, 0.5) is 0 Å². The van der Waals surface area contributed by atoms with Crippen LogP contribution in [0.3, 0.4) is 0 Å². The van der Waals surface area contributed by atoms with E-state index in [-0.39, 0.29) is 11.4 Å². The van der Waals surface area contributed by atoms with Crippen molar-refractivity contribution in [2.75, 3.05) is 13.2 Å². The second kappa shape index (κ2) is 6.33. The topological polar surface area (TPSA) is 83.9 Å². The summed E-state index contributed by atoms with van der Waals surface area (Å²) in [6.07, 6.45) is 0.890. The van der Waals surface area contributed by atoms with Crippen LogP contribution in [0.25, 0.3) is 0 Å². The van der Waals surface area contributed by atoms with Crippen LogP contribution >= 0.6 is 15.9 Å². The predicted molar refractivity (Wildman–Crippen MR) is 79.9 cm³/mol. The average molecular weight is 378 g/mol. The monoisotopic (exact) mass is 377 g/mol. The third-order valence-corrected chi connectivity index (χ3v) is 5.82. The number of aliphatic carboxylic acids is 1. The zero-order chi connectivity index (χ0) is 15.6. The second-order valence-electron chi connectivity index (χ2n) is 4.64.